The number of ketones is 1. The Morgan fingerprint density at radius 2 is 1.90 bits per heavy atom. The van der Waals surface area contributed by atoms with Gasteiger partial charge in [-0.1, -0.05) is 36.4 Å². The molecular formula is C16H14O4. The van der Waals surface area contributed by atoms with Crippen LogP contribution in [0.2, 0.25) is 0 Å². The predicted molar refractivity (Wildman–Crippen MR) is 73.4 cm³/mol. The van der Waals surface area contributed by atoms with Crippen LogP contribution in [0.4, 0.5) is 0 Å². The van der Waals surface area contributed by atoms with Crippen LogP contribution in [0.5, 0.6) is 0 Å². The molecule has 4 nitrogen and oxygen atoms in total. The third kappa shape index (κ3) is 1.40. The molecule has 20 heavy (non-hydrogen) atoms. The van der Waals surface area contributed by atoms with Crippen molar-refractivity contribution in [1.29, 1.82) is 0 Å². The Morgan fingerprint density at radius 3 is 2.55 bits per heavy atom. The second-order valence-electron chi connectivity index (χ2n) is 5.05. The predicted octanol–water partition coefficient (Wildman–Crippen LogP) is 2.03. The van der Waals surface area contributed by atoms with E-state index in [4.69, 9.17) is 0 Å². The highest BCUT2D eigenvalue weighted by Crippen LogP contribution is 2.45. The van der Waals surface area contributed by atoms with Gasteiger partial charge in [0, 0.05) is 11.1 Å². The third-order valence-corrected chi connectivity index (χ3v) is 4.09. The molecule has 0 radical (unpaired) electrons. The van der Waals surface area contributed by atoms with Gasteiger partial charge in [0.15, 0.2) is 11.4 Å². The standard InChI is InChI=1S/C16H14O4/c1-9(15(18)20-2)16(19)12-8-4-6-10-5-3-7-11(13(10)12)14(16)17/h3-9,19H,1-2H3. The summed E-state index contributed by atoms with van der Waals surface area (Å²) in [4.78, 5) is 24.4. The molecular weight excluding hydrogens is 256 g/mol. The molecule has 1 aliphatic rings. The summed E-state index contributed by atoms with van der Waals surface area (Å²) in [6, 6.07) is 10.7. The highest BCUT2D eigenvalue weighted by Gasteiger charge is 2.52. The number of benzene rings is 2. The third-order valence-electron chi connectivity index (χ3n) is 4.09. The van der Waals surface area contributed by atoms with E-state index < -0.39 is 23.3 Å². The molecule has 0 aliphatic heterocycles. The molecule has 3 rings (SSSR count). The SMILES string of the molecule is COC(=O)C(C)C1(O)C(=O)c2cccc3cccc1c23. The van der Waals surface area contributed by atoms with Gasteiger partial charge in [0.1, 0.15) is 0 Å². The fraction of sp³-hybridized carbons (Fsp3) is 0.250. The van der Waals surface area contributed by atoms with Crippen LogP contribution in [0.1, 0.15) is 22.8 Å². The Labute approximate surface area is 116 Å². The van der Waals surface area contributed by atoms with Crippen LogP contribution in [0.25, 0.3) is 10.8 Å². The van der Waals surface area contributed by atoms with Gasteiger partial charge in [-0.2, -0.15) is 0 Å². The van der Waals surface area contributed by atoms with Crippen LogP contribution in [0, 0.1) is 5.92 Å². The number of carbonyl (C=O) groups excluding carboxylic acids is 2. The Balaban J connectivity index is 2.30. The molecule has 0 amide bonds. The zero-order valence-corrected chi connectivity index (χ0v) is 11.2. The number of rotatable bonds is 2. The van der Waals surface area contributed by atoms with Crippen molar-refractivity contribution >= 4 is 22.5 Å². The molecule has 4 heteroatoms. The van der Waals surface area contributed by atoms with Crippen LogP contribution >= 0.6 is 0 Å². The van der Waals surface area contributed by atoms with Crippen LogP contribution in [-0.2, 0) is 15.1 Å². The van der Waals surface area contributed by atoms with Crippen LogP contribution in [0.3, 0.4) is 0 Å². The topological polar surface area (TPSA) is 63.6 Å². The van der Waals surface area contributed by atoms with E-state index in [0.717, 1.165) is 10.8 Å². The van der Waals surface area contributed by atoms with Gasteiger partial charge in [-0.25, -0.2) is 0 Å². The van der Waals surface area contributed by atoms with E-state index in [1.54, 1.807) is 24.3 Å². The Morgan fingerprint density at radius 1 is 1.25 bits per heavy atom. The van der Waals surface area contributed by atoms with Gasteiger partial charge in [0.05, 0.1) is 13.0 Å². The lowest BCUT2D eigenvalue weighted by molar-refractivity contribution is -0.152. The molecule has 0 aromatic heterocycles. The fourth-order valence-electron chi connectivity index (χ4n) is 2.95. The van der Waals surface area contributed by atoms with Gasteiger partial charge in [-0.3, -0.25) is 9.59 Å². The summed E-state index contributed by atoms with van der Waals surface area (Å²) in [6.45, 7) is 1.51. The second-order valence-corrected chi connectivity index (χ2v) is 5.05. The van der Waals surface area contributed by atoms with Crippen molar-refractivity contribution < 1.29 is 19.4 Å². The van der Waals surface area contributed by atoms with E-state index in [1.807, 2.05) is 12.1 Å². The van der Waals surface area contributed by atoms with Crippen molar-refractivity contribution in [2.45, 2.75) is 12.5 Å². The largest absolute Gasteiger partial charge is 0.469 e. The maximum Gasteiger partial charge on any atom is 0.312 e. The molecule has 1 N–H and O–H groups in total. The van der Waals surface area contributed by atoms with E-state index in [1.165, 1.54) is 14.0 Å². The van der Waals surface area contributed by atoms with Gasteiger partial charge in [-0.15, -0.1) is 0 Å². The molecule has 0 saturated carbocycles. The summed E-state index contributed by atoms with van der Waals surface area (Å²) >= 11 is 0. The summed E-state index contributed by atoms with van der Waals surface area (Å²) in [6.07, 6.45) is 0. The Kier molecular flexibility index (Phi) is 2.66. The summed E-state index contributed by atoms with van der Waals surface area (Å²) in [5, 5.41) is 12.5. The zero-order valence-electron chi connectivity index (χ0n) is 11.2. The Hall–Kier alpha value is -2.20. The van der Waals surface area contributed by atoms with Crippen molar-refractivity contribution in [2.75, 3.05) is 7.11 Å². The van der Waals surface area contributed by atoms with Crippen molar-refractivity contribution in [1.82, 2.24) is 0 Å². The molecule has 0 heterocycles. The first-order chi connectivity index (χ1) is 9.51. The monoisotopic (exact) mass is 270 g/mol. The average molecular weight is 270 g/mol. The van der Waals surface area contributed by atoms with Gasteiger partial charge >= 0.3 is 5.97 Å². The molecule has 1 aliphatic carbocycles. The maximum atomic E-state index is 12.6. The number of carbonyl (C=O) groups is 2. The minimum Gasteiger partial charge on any atom is -0.469 e. The van der Waals surface area contributed by atoms with Gasteiger partial charge in [0.2, 0.25) is 0 Å². The van der Waals surface area contributed by atoms with Crippen molar-refractivity contribution in [3.05, 3.63) is 47.5 Å². The first-order valence-corrected chi connectivity index (χ1v) is 6.39. The lowest BCUT2D eigenvalue weighted by Gasteiger charge is -2.27. The summed E-state index contributed by atoms with van der Waals surface area (Å²) < 4.78 is 4.68. The van der Waals surface area contributed by atoms with E-state index in [-0.39, 0.29) is 0 Å². The number of aliphatic hydroxyl groups is 1. The van der Waals surface area contributed by atoms with Crippen molar-refractivity contribution in [2.24, 2.45) is 5.92 Å². The molecule has 0 bridgehead atoms. The van der Waals surface area contributed by atoms with Crippen LogP contribution in [0.15, 0.2) is 36.4 Å². The zero-order chi connectivity index (χ0) is 14.5. The first kappa shape index (κ1) is 12.8. The smallest absolute Gasteiger partial charge is 0.312 e. The molecule has 0 spiro atoms. The summed E-state index contributed by atoms with van der Waals surface area (Å²) in [5.41, 5.74) is -0.916. The minimum atomic E-state index is -1.85. The highest BCUT2D eigenvalue weighted by molar-refractivity contribution is 6.20. The minimum absolute atomic E-state index is 0.442. The van der Waals surface area contributed by atoms with E-state index in [2.05, 4.69) is 4.74 Å². The van der Waals surface area contributed by atoms with Crippen LogP contribution in [-0.4, -0.2) is 24.0 Å². The lowest BCUT2D eigenvalue weighted by Crippen LogP contribution is -2.43. The second kappa shape index (κ2) is 4.15. The van der Waals surface area contributed by atoms with Gasteiger partial charge in [-0.05, 0) is 17.7 Å². The van der Waals surface area contributed by atoms with Gasteiger partial charge in [0.25, 0.3) is 0 Å². The summed E-state index contributed by atoms with van der Waals surface area (Å²) in [7, 11) is 1.25. The lowest BCUT2D eigenvalue weighted by atomic mass is 9.82. The molecule has 2 unspecified atom stereocenters. The highest BCUT2D eigenvalue weighted by atomic mass is 16.5. The van der Waals surface area contributed by atoms with E-state index in [9.17, 15) is 14.7 Å². The molecule has 2 aromatic carbocycles. The number of hydrogen-bond donors (Lipinski definition) is 1. The average Bonchev–Trinajstić information content (AvgIpc) is 2.71. The number of methoxy groups -OCH3 is 1. The van der Waals surface area contributed by atoms with Crippen molar-refractivity contribution in [3.8, 4) is 0 Å². The van der Waals surface area contributed by atoms with Gasteiger partial charge < -0.3 is 9.84 Å². The number of esters is 1. The Bertz CT molecular complexity index is 729. The normalized spacial score (nSPS) is 22.1. The first-order valence-electron chi connectivity index (χ1n) is 6.39. The quantitative estimate of drug-likeness (QED) is 0.848. The van der Waals surface area contributed by atoms with E-state index in [0.29, 0.717) is 11.1 Å². The summed E-state index contributed by atoms with van der Waals surface area (Å²) in [5.74, 6) is -2.01. The van der Waals surface area contributed by atoms with Crippen LogP contribution < -0.4 is 0 Å². The number of ether oxygens (including phenoxy) is 1. The maximum absolute atomic E-state index is 12.6. The molecule has 2 atom stereocenters. The molecule has 0 saturated heterocycles. The van der Waals surface area contributed by atoms with Crippen molar-refractivity contribution in [3.63, 3.8) is 0 Å². The number of hydrogen-bond acceptors (Lipinski definition) is 4. The molecule has 0 fully saturated rings. The molecule has 102 valence electrons. The fourth-order valence-corrected chi connectivity index (χ4v) is 2.95. The van der Waals surface area contributed by atoms with E-state index >= 15 is 0 Å². The molecule has 2 aromatic rings. The number of Topliss-reactive ketones (excluding diaryl/α,β-unsaturated/α-hetero) is 1.